The van der Waals surface area contributed by atoms with Gasteiger partial charge in [-0.3, -0.25) is 4.79 Å². The Bertz CT molecular complexity index is 659. The van der Waals surface area contributed by atoms with Crippen molar-refractivity contribution in [2.45, 2.75) is 32.6 Å². The zero-order valence-electron chi connectivity index (χ0n) is 14.1. The second kappa shape index (κ2) is 7.37. The minimum Gasteiger partial charge on any atom is -0.352 e. The first-order chi connectivity index (χ1) is 10.9. The Hall–Kier alpha value is -2.21. The van der Waals surface area contributed by atoms with E-state index in [9.17, 15) is 4.79 Å². The Morgan fingerprint density at radius 2 is 1.96 bits per heavy atom. The molecule has 0 saturated heterocycles. The third kappa shape index (κ3) is 4.39. The summed E-state index contributed by atoms with van der Waals surface area (Å²) < 4.78 is 5.36. The summed E-state index contributed by atoms with van der Waals surface area (Å²) >= 11 is 0. The predicted molar refractivity (Wildman–Crippen MR) is 89.3 cm³/mol. The zero-order chi connectivity index (χ0) is 16.9. The van der Waals surface area contributed by atoms with E-state index >= 15 is 0 Å². The van der Waals surface area contributed by atoms with Crippen molar-refractivity contribution in [3.63, 3.8) is 0 Å². The lowest BCUT2D eigenvalue weighted by Gasteiger charge is -2.11. The zero-order valence-corrected chi connectivity index (χ0v) is 14.1. The van der Waals surface area contributed by atoms with Gasteiger partial charge in [0.05, 0.1) is 11.1 Å². The van der Waals surface area contributed by atoms with Crippen LogP contribution in [0.1, 0.15) is 43.4 Å². The van der Waals surface area contributed by atoms with E-state index in [0.717, 1.165) is 13.0 Å². The number of aromatic nitrogens is 2. The normalized spacial score (nSPS) is 11.5. The van der Waals surface area contributed by atoms with Crippen LogP contribution in [-0.4, -0.2) is 36.2 Å². The maximum atomic E-state index is 12.4. The lowest BCUT2D eigenvalue weighted by Crippen LogP contribution is -2.27. The van der Waals surface area contributed by atoms with Gasteiger partial charge in [0.15, 0.2) is 5.82 Å². The number of hydrogen-bond acceptors (Lipinski definition) is 5. The van der Waals surface area contributed by atoms with Gasteiger partial charge in [-0.25, -0.2) is 0 Å². The first-order valence-corrected chi connectivity index (χ1v) is 7.80. The van der Waals surface area contributed by atoms with Crippen molar-refractivity contribution < 1.29 is 9.32 Å². The van der Waals surface area contributed by atoms with Gasteiger partial charge in [-0.05, 0) is 32.1 Å². The maximum Gasteiger partial charge on any atom is 0.258 e. The molecule has 2 N–H and O–H groups in total. The number of rotatable bonds is 6. The van der Waals surface area contributed by atoms with E-state index in [2.05, 4.69) is 20.8 Å². The molecule has 1 aromatic heterocycles. The summed E-state index contributed by atoms with van der Waals surface area (Å²) in [6.07, 6.45) is 0.874. The molecule has 6 nitrogen and oxygen atoms in total. The molecule has 0 aliphatic rings. The Kier molecular flexibility index (Phi) is 5.50. The lowest BCUT2D eigenvalue weighted by atomic mass is 9.96. The van der Waals surface area contributed by atoms with E-state index in [1.54, 1.807) is 6.07 Å². The van der Waals surface area contributed by atoms with Crippen LogP contribution >= 0.6 is 0 Å². The van der Waals surface area contributed by atoms with Gasteiger partial charge in [0.1, 0.15) is 0 Å². The van der Waals surface area contributed by atoms with Gasteiger partial charge in [0.25, 0.3) is 11.8 Å². The highest BCUT2D eigenvalue weighted by molar-refractivity contribution is 5.99. The first kappa shape index (κ1) is 17.1. The molecular weight excluding hydrogens is 292 g/mol. The molecule has 1 amide bonds. The van der Waals surface area contributed by atoms with Gasteiger partial charge in [-0.15, -0.1) is 0 Å². The molecule has 1 heterocycles. The molecule has 0 saturated carbocycles. The molecule has 2 rings (SSSR count). The van der Waals surface area contributed by atoms with Crippen LogP contribution in [0, 0.1) is 0 Å². The monoisotopic (exact) mass is 316 g/mol. The summed E-state index contributed by atoms with van der Waals surface area (Å²) in [5, 5.41) is 9.99. The van der Waals surface area contributed by atoms with Crippen LogP contribution in [0.3, 0.4) is 0 Å². The fourth-order valence-corrected chi connectivity index (χ4v) is 2.07. The van der Waals surface area contributed by atoms with Crippen molar-refractivity contribution in [3.8, 4) is 11.5 Å². The van der Waals surface area contributed by atoms with E-state index in [4.69, 9.17) is 4.52 Å². The number of carbonyl (C=O) groups is 1. The third-order valence-corrected chi connectivity index (χ3v) is 3.39. The highest BCUT2D eigenvalue weighted by atomic mass is 16.5. The van der Waals surface area contributed by atoms with Gasteiger partial charge >= 0.3 is 0 Å². The molecule has 124 valence electrons. The fourth-order valence-electron chi connectivity index (χ4n) is 2.07. The molecule has 1 aromatic carbocycles. The molecule has 0 aliphatic heterocycles. The molecule has 0 fully saturated rings. The summed E-state index contributed by atoms with van der Waals surface area (Å²) in [7, 11) is 1.89. The standard InChI is InChI=1S/C17H24N4O2/c1-17(2,3)16-20-15(23-21-16)13-9-6-5-8-12(13)14(22)19-11-7-10-18-4/h5-6,8-9,18H,7,10-11H2,1-4H3,(H,19,22). The van der Waals surface area contributed by atoms with Crippen LogP contribution in [0.4, 0.5) is 0 Å². The number of nitrogens with one attached hydrogen (secondary N) is 2. The highest BCUT2D eigenvalue weighted by Crippen LogP contribution is 2.26. The quantitative estimate of drug-likeness (QED) is 0.800. The van der Waals surface area contributed by atoms with E-state index in [1.807, 2.05) is 46.0 Å². The van der Waals surface area contributed by atoms with Crippen LogP contribution in [0.5, 0.6) is 0 Å². The average Bonchev–Trinajstić information content (AvgIpc) is 3.01. The molecule has 0 radical (unpaired) electrons. The second-order valence-electron chi connectivity index (χ2n) is 6.43. The minimum atomic E-state index is -0.202. The summed E-state index contributed by atoms with van der Waals surface area (Å²) in [6.45, 7) is 7.53. The maximum absolute atomic E-state index is 12.4. The Morgan fingerprint density at radius 1 is 1.22 bits per heavy atom. The van der Waals surface area contributed by atoms with Gasteiger partial charge in [0.2, 0.25) is 0 Å². The van der Waals surface area contributed by atoms with E-state index in [0.29, 0.717) is 29.4 Å². The topological polar surface area (TPSA) is 80.0 Å². The predicted octanol–water partition coefficient (Wildman–Crippen LogP) is 2.37. The molecule has 0 aliphatic carbocycles. The summed E-state index contributed by atoms with van der Waals surface area (Å²) in [5.74, 6) is 0.861. The fraction of sp³-hybridized carbons (Fsp3) is 0.471. The molecule has 2 aromatic rings. The SMILES string of the molecule is CNCCCNC(=O)c1ccccc1-c1nc(C(C)(C)C)no1. The Balaban J connectivity index is 2.20. The second-order valence-corrected chi connectivity index (χ2v) is 6.43. The molecule has 6 heteroatoms. The summed E-state index contributed by atoms with van der Waals surface area (Å²) in [6, 6.07) is 7.27. The van der Waals surface area contributed by atoms with Gasteiger partial charge < -0.3 is 15.2 Å². The summed E-state index contributed by atoms with van der Waals surface area (Å²) in [4.78, 5) is 16.8. The number of hydrogen-bond donors (Lipinski definition) is 2. The number of amides is 1. The molecular formula is C17H24N4O2. The van der Waals surface area contributed by atoms with E-state index in [1.165, 1.54) is 0 Å². The smallest absolute Gasteiger partial charge is 0.258 e. The van der Waals surface area contributed by atoms with Gasteiger partial charge in [-0.1, -0.05) is 38.1 Å². The highest BCUT2D eigenvalue weighted by Gasteiger charge is 2.23. The van der Waals surface area contributed by atoms with E-state index in [-0.39, 0.29) is 11.3 Å². The van der Waals surface area contributed by atoms with Crippen LogP contribution in [-0.2, 0) is 5.41 Å². The van der Waals surface area contributed by atoms with Crippen LogP contribution in [0.15, 0.2) is 28.8 Å². The van der Waals surface area contributed by atoms with Crippen LogP contribution in [0.25, 0.3) is 11.5 Å². The van der Waals surface area contributed by atoms with Gasteiger partial charge in [-0.2, -0.15) is 4.98 Å². The molecule has 0 atom stereocenters. The van der Waals surface area contributed by atoms with E-state index < -0.39 is 0 Å². The first-order valence-electron chi connectivity index (χ1n) is 7.80. The van der Waals surface area contributed by atoms with Crippen molar-refractivity contribution in [2.75, 3.05) is 20.1 Å². The van der Waals surface area contributed by atoms with Crippen molar-refractivity contribution in [3.05, 3.63) is 35.7 Å². The van der Waals surface area contributed by atoms with Crippen molar-refractivity contribution in [1.82, 2.24) is 20.8 Å². The largest absolute Gasteiger partial charge is 0.352 e. The van der Waals surface area contributed by atoms with Crippen LogP contribution < -0.4 is 10.6 Å². The van der Waals surface area contributed by atoms with Crippen molar-refractivity contribution >= 4 is 5.91 Å². The summed E-state index contributed by atoms with van der Waals surface area (Å²) in [5.41, 5.74) is 0.995. The Labute approximate surface area is 136 Å². The molecule has 0 spiro atoms. The minimum absolute atomic E-state index is 0.132. The van der Waals surface area contributed by atoms with Gasteiger partial charge in [0, 0.05) is 12.0 Å². The average molecular weight is 316 g/mol. The number of carbonyl (C=O) groups excluding carboxylic acids is 1. The number of benzene rings is 1. The van der Waals surface area contributed by atoms with Crippen molar-refractivity contribution in [1.29, 1.82) is 0 Å². The molecule has 0 unspecified atom stereocenters. The van der Waals surface area contributed by atoms with Crippen molar-refractivity contribution in [2.24, 2.45) is 0 Å². The molecule has 23 heavy (non-hydrogen) atoms. The molecule has 0 bridgehead atoms. The number of nitrogens with zero attached hydrogens (tertiary/aromatic N) is 2. The Morgan fingerprint density at radius 3 is 2.61 bits per heavy atom. The lowest BCUT2D eigenvalue weighted by molar-refractivity contribution is 0.0953. The third-order valence-electron chi connectivity index (χ3n) is 3.39. The van der Waals surface area contributed by atoms with Crippen LogP contribution in [0.2, 0.25) is 0 Å².